The minimum Gasteiger partial charge on any atom is -0.308 e. The van der Waals surface area contributed by atoms with E-state index >= 15 is 0 Å². The van der Waals surface area contributed by atoms with Crippen molar-refractivity contribution in [2.75, 3.05) is 0 Å². The monoisotopic (exact) mass is 380 g/mol. The van der Waals surface area contributed by atoms with E-state index in [2.05, 4.69) is 20.9 Å². The Morgan fingerprint density at radius 1 is 1.00 bits per heavy atom. The summed E-state index contributed by atoms with van der Waals surface area (Å²) in [5.41, 5.74) is 0.0801. The Morgan fingerprint density at radius 3 is 2.27 bits per heavy atom. The van der Waals surface area contributed by atoms with E-state index in [0.29, 0.717) is 16.3 Å². The van der Waals surface area contributed by atoms with Crippen LogP contribution < -0.4 is 11.2 Å². The molecule has 0 bridgehead atoms. The van der Waals surface area contributed by atoms with Crippen molar-refractivity contribution in [3.8, 4) is 0 Å². The summed E-state index contributed by atoms with van der Waals surface area (Å²) in [5, 5.41) is 0.663. The van der Waals surface area contributed by atoms with Crippen molar-refractivity contribution >= 4 is 38.9 Å². The fourth-order valence-electron chi connectivity index (χ4n) is 2.26. The third kappa shape index (κ3) is 2.32. The van der Waals surface area contributed by atoms with Crippen LogP contribution in [0.5, 0.6) is 0 Å². The largest absolute Gasteiger partial charge is 0.332 e. The lowest BCUT2D eigenvalue weighted by atomic mass is 10.4. The standard InChI is InChI=1S/C14H13BrN4O2S/c1-17-11-10(12(20)19(3)14(21)18(11)2)16-13(17)22-9-6-4-8(15)5-7-9/h4-7H,1-3H3. The molecule has 0 amide bonds. The number of halogens is 1. The maximum Gasteiger partial charge on any atom is 0.332 e. The number of benzene rings is 1. The minimum absolute atomic E-state index is 0.298. The lowest BCUT2D eigenvalue weighted by Gasteiger charge is -2.06. The maximum atomic E-state index is 12.2. The van der Waals surface area contributed by atoms with E-state index in [4.69, 9.17) is 0 Å². The summed E-state index contributed by atoms with van der Waals surface area (Å²) in [6, 6.07) is 7.82. The highest BCUT2D eigenvalue weighted by atomic mass is 79.9. The zero-order valence-electron chi connectivity index (χ0n) is 12.2. The molecule has 0 saturated heterocycles. The van der Waals surface area contributed by atoms with Gasteiger partial charge >= 0.3 is 5.69 Å². The molecule has 0 atom stereocenters. The van der Waals surface area contributed by atoms with Gasteiger partial charge < -0.3 is 4.57 Å². The van der Waals surface area contributed by atoms with Gasteiger partial charge in [-0.25, -0.2) is 9.78 Å². The second kappa shape index (κ2) is 5.44. The molecular weight excluding hydrogens is 368 g/mol. The fourth-order valence-corrected chi connectivity index (χ4v) is 3.37. The van der Waals surface area contributed by atoms with Crippen molar-refractivity contribution in [3.05, 3.63) is 49.6 Å². The molecule has 1 aromatic carbocycles. The molecule has 0 saturated carbocycles. The van der Waals surface area contributed by atoms with Gasteiger partial charge in [-0.2, -0.15) is 0 Å². The number of nitrogens with zero attached hydrogens (tertiary/aromatic N) is 4. The van der Waals surface area contributed by atoms with Gasteiger partial charge in [0.05, 0.1) is 0 Å². The fraction of sp³-hybridized carbons (Fsp3) is 0.214. The van der Waals surface area contributed by atoms with Crippen LogP contribution in [0.3, 0.4) is 0 Å². The van der Waals surface area contributed by atoms with Crippen LogP contribution in [0, 0.1) is 0 Å². The van der Waals surface area contributed by atoms with Crippen molar-refractivity contribution in [3.63, 3.8) is 0 Å². The number of rotatable bonds is 2. The highest BCUT2D eigenvalue weighted by Crippen LogP contribution is 2.29. The van der Waals surface area contributed by atoms with Crippen LogP contribution in [0.25, 0.3) is 11.2 Å². The normalized spacial score (nSPS) is 11.3. The average Bonchev–Trinajstić information content (AvgIpc) is 2.82. The van der Waals surface area contributed by atoms with Crippen LogP contribution in [-0.2, 0) is 21.1 Å². The van der Waals surface area contributed by atoms with Crippen molar-refractivity contribution in [2.24, 2.45) is 21.1 Å². The Morgan fingerprint density at radius 2 is 1.64 bits per heavy atom. The van der Waals surface area contributed by atoms with Crippen LogP contribution in [0.15, 0.2) is 48.4 Å². The zero-order chi connectivity index (χ0) is 16.0. The molecule has 22 heavy (non-hydrogen) atoms. The molecule has 0 aliphatic carbocycles. The second-order valence-corrected chi connectivity index (χ2v) is 6.84. The third-order valence-corrected chi connectivity index (χ3v) is 5.03. The molecule has 2 aromatic heterocycles. The predicted octanol–water partition coefficient (Wildman–Crippen LogP) is 1.88. The van der Waals surface area contributed by atoms with Gasteiger partial charge in [-0.1, -0.05) is 27.7 Å². The van der Waals surface area contributed by atoms with Gasteiger partial charge in [0, 0.05) is 30.5 Å². The molecule has 3 rings (SSSR count). The summed E-state index contributed by atoms with van der Waals surface area (Å²) in [5.74, 6) is 0. The van der Waals surface area contributed by atoms with Crippen molar-refractivity contribution in [1.29, 1.82) is 0 Å². The highest BCUT2D eigenvalue weighted by Gasteiger charge is 2.17. The minimum atomic E-state index is -0.378. The molecule has 3 aromatic rings. The van der Waals surface area contributed by atoms with Crippen LogP contribution >= 0.6 is 27.7 Å². The number of hydrogen-bond acceptors (Lipinski definition) is 4. The number of aryl methyl sites for hydroxylation is 2. The van der Waals surface area contributed by atoms with E-state index in [9.17, 15) is 9.59 Å². The Bertz CT molecular complexity index is 985. The number of imidazole rings is 1. The summed E-state index contributed by atoms with van der Waals surface area (Å²) in [7, 11) is 4.90. The van der Waals surface area contributed by atoms with E-state index in [0.717, 1.165) is 13.9 Å². The molecule has 0 unspecified atom stereocenters. The van der Waals surface area contributed by atoms with Crippen molar-refractivity contribution < 1.29 is 0 Å². The highest BCUT2D eigenvalue weighted by molar-refractivity contribution is 9.10. The van der Waals surface area contributed by atoms with E-state index in [1.165, 1.54) is 23.4 Å². The van der Waals surface area contributed by atoms with Crippen LogP contribution in [0.2, 0.25) is 0 Å². The predicted molar refractivity (Wildman–Crippen MR) is 89.5 cm³/mol. The van der Waals surface area contributed by atoms with E-state index < -0.39 is 0 Å². The van der Waals surface area contributed by atoms with Gasteiger partial charge in [-0.15, -0.1) is 0 Å². The van der Waals surface area contributed by atoms with Crippen molar-refractivity contribution in [1.82, 2.24) is 18.7 Å². The van der Waals surface area contributed by atoms with Crippen LogP contribution in [0.4, 0.5) is 0 Å². The molecule has 0 spiro atoms. The number of hydrogen-bond donors (Lipinski definition) is 0. The van der Waals surface area contributed by atoms with Gasteiger partial charge in [0.15, 0.2) is 16.3 Å². The first-order valence-corrected chi connectivity index (χ1v) is 8.07. The first kappa shape index (κ1) is 15.1. The lowest BCUT2D eigenvalue weighted by molar-refractivity contribution is 0.690. The lowest BCUT2D eigenvalue weighted by Crippen LogP contribution is -2.37. The Kier molecular flexibility index (Phi) is 3.73. The summed E-state index contributed by atoms with van der Waals surface area (Å²) in [6.45, 7) is 0. The summed E-state index contributed by atoms with van der Waals surface area (Å²) in [4.78, 5) is 29.7. The molecule has 0 aliphatic heterocycles. The Labute approximate surface area is 138 Å². The molecule has 0 radical (unpaired) electrons. The molecule has 0 fully saturated rings. The number of aromatic nitrogens is 4. The Hall–Kier alpha value is -1.80. The molecule has 0 N–H and O–H groups in total. The molecule has 8 heteroatoms. The van der Waals surface area contributed by atoms with Gasteiger partial charge in [0.25, 0.3) is 5.56 Å². The maximum absolute atomic E-state index is 12.2. The third-order valence-electron chi connectivity index (χ3n) is 3.45. The molecule has 0 aliphatic rings. The number of fused-ring (bicyclic) bond motifs is 1. The summed E-state index contributed by atoms with van der Waals surface area (Å²) in [6.07, 6.45) is 0. The topological polar surface area (TPSA) is 61.8 Å². The second-order valence-electron chi connectivity index (χ2n) is 4.89. The Balaban J connectivity index is 2.20. The molecule has 114 valence electrons. The van der Waals surface area contributed by atoms with Gasteiger partial charge in [0.2, 0.25) is 0 Å². The SMILES string of the molecule is Cn1c(=O)c2nc(Sc3ccc(Br)cc3)n(C)c2n(C)c1=O. The summed E-state index contributed by atoms with van der Waals surface area (Å²) >= 11 is 4.84. The van der Waals surface area contributed by atoms with Crippen LogP contribution in [-0.4, -0.2) is 18.7 Å². The molecule has 2 heterocycles. The van der Waals surface area contributed by atoms with Gasteiger partial charge in [0.1, 0.15) is 0 Å². The first-order valence-electron chi connectivity index (χ1n) is 6.46. The average molecular weight is 381 g/mol. The van der Waals surface area contributed by atoms with Crippen LogP contribution in [0.1, 0.15) is 0 Å². The first-order chi connectivity index (χ1) is 10.4. The van der Waals surface area contributed by atoms with Gasteiger partial charge in [-0.05, 0) is 24.3 Å². The quantitative estimate of drug-likeness (QED) is 0.680. The molecule has 6 nitrogen and oxygen atoms in total. The summed E-state index contributed by atoms with van der Waals surface area (Å²) < 4.78 is 5.28. The molecular formula is C14H13BrN4O2S. The van der Waals surface area contributed by atoms with E-state index in [1.807, 2.05) is 24.3 Å². The zero-order valence-corrected chi connectivity index (χ0v) is 14.6. The van der Waals surface area contributed by atoms with Gasteiger partial charge in [-0.3, -0.25) is 13.9 Å². The van der Waals surface area contributed by atoms with Crippen molar-refractivity contribution in [2.45, 2.75) is 10.1 Å². The van der Waals surface area contributed by atoms with E-state index in [1.54, 1.807) is 18.7 Å². The van der Waals surface area contributed by atoms with E-state index in [-0.39, 0.29) is 11.2 Å². The smallest absolute Gasteiger partial charge is 0.308 e.